The number of hydrogen-bond donors (Lipinski definition) is 0. The van der Waals surface area contributed by atoms with E-state index in [9.17, 15) is 0 Å². The van der Waals surface area contributed by atoms with Crippen molar-refractivity contribution >= 4 is 60.7 Å². The van der Waals surface area contributed by atoms with Crippen molar-refractivity contribution in [3.8, 4) is 44.8 Å². The highest BCUT2D eigenvalue weighted by atomic mass is 15.1. The molecule has 0 spiro atoms. The van der Waals surface area contributed by atoms with E-state index in [1.165, 1.54) is 65.9 Å². The molecule has 12 aromatic rings. The molecule has 0 fully saturated rings. The van der Waals surface area contributed by atoms with E-state index < -0.39 is 0 Å². The molecule has 0 atom stereocenters. The lowest BCUT2D eigenvalue weighted by atomic mass is 9.98. The van der Waals surface area contributed by atoms with Gasteiger partial charge in [-0.25, -0.2) is 0 Å². The number of nitrogens with zero attached hydrogens (tertiary/aromatic N) is 3. The van der Waals surface area contributed by atoms with Crippen LogP contribution < -0.4 is 4.90 Å². The summed E-state index contributed by atoms with van der Waals surface area (Å²) in [5.74, 6) is 0. The van der Waals surface area contributed by atoms with E-state index in [-0.39, 0.29) is 0 Å². The van der Waals surface area contributed by atoms with Gasteiger partial charge in [0, 0.05) is 49.9 Å². The maximum atomic E-state index is 2.43. The lowest BCUT2D eigenvalue weighted by Gasteiger charge is -2.28. The SMILES string of the molecule is c1ccc(-c2ccc3c4ccccc4n(-c4ccc(N(c5ccc6c(c5)c5c(-c7ccccc7)cccc5n6-c5ccccc5)c5ccccc5-c5ccccc5)cc4)c3c2)cc1. The Kier molecular flexibility index (Phi) is 8.83. The topological polar surface area (TPSA) is 13.1 Å². The lowest BCUT2D eigenvalue weighted by molar-refractivity contribution is 1.17. The summed E-state index contributed by atoms with van der Waals surface area (Å²) in [7, 11) is 0. The van der Waals surface area contributed by atoms with Crippen LogP contribution in [0.3, 0.4) is 0 Å². The first kappa shape index (κ1) is 36.5. The van der Waals surface area contributed by atoms with E-state index in [1.54, 1.807) is 0 Å². The molecule has 0 saturated carbocycles. The second-order valence-corrected chi connectivity index (χ2v) is 16.1. The molecule has 0 aliphatic rings. The van der Waals surface area contributed by atoms with Crippen LogP contribution in [-0.2, 0) is 0 Å². The molecule has 3 heteroatoms. The average molecular weight is 804 g/mol. The Morgan fingerprint density at radius 1 is 0.270 bits per heavy atom. The average Bonchev–Trinajstić information content (AvgIpc) is 3.88. The predicted octanol–water partition coefficient (Wildman–Crippen LogP) is 16.4. The molecule has 0 unspecified atom stereocenters. The number of anilines is 3. The molecule has 0 N–H and O–H groups in total. The first-order valence-corrected chi connectivity index (χ1v) is 21.6. The molecule has 63 heavy (non-hydrogen) atoms. The van der Waals surface area contributed by atoms with Gasteiger partial charge in [-0.1, -0.05) is 170 Å². The maximum absolute atomic E-state index is 2.43. The van der Waals surface area contributed by atoms with Gasteiger partial charge >= 0.3 is 0 Å². The van der Waals surface area contributed by atoms with Crippen LogP contribution in [0.5, 0.6) is 0 Å². The second kappa shape index (κ2) is 15.3. The van der Waals surface area contributed by atoms with Gasteiger partial charge in [-0.3, -0.25) is 0 Å². The normalized spacial score (nSPS) is 11.5. The minimum Gasteiger partial charge on any atom is -0.310 e. The Balaban J connectivity index is 1.08. The Hall–Kier alpha value is -8.40. The molecule has 0 aliphatic carbocycles. The summed E-state index contributed by atoms with van der Waals surface area (Å²) in [5, 5.41) is 4.92. The van der Waals surface area contributed by atoms with Crippen LogP contribution in [0.15, 0.2) is 249 Å². The summed E-state index contributed by atoms with van der Waals surface area (Å²) in [6, 6.07) is 90.1. The fourth-order valence-corrected chi connectivity index (χ4v) is 9.68. The lowest BCUT2D eigenvalue weighted by Crippen LogP contribution is -2.11. The number of rotatable bonds is 8. The number of hydrogen-bond acceptors (Lipinski definition) is 1. The number of benzene rings is 10. The molecule has 0 aliphatic heterocycles. The van der Waals surface area contributed by atoms with Gasteiger partial charge in [0.1, 0.15) is 0 Å². The van der Waals surface area contributed by atoms with Gasteiger partial charge in [0.05, 0.1) is 27.8 Å². The molecule has 0 radical (unpaired) electrons. The molecule has 12 rings (SSSR count). The Bertz CT molecular complexity index is 3590. The molecule has 10 aromatic carbocycles. The van der Waals surface area contributed by atoms with Crippen molar-refractivity contribution in [2.24, 2.45) is 0 Å². The third kappa shape index (κ3) is 6.21. The molecule has 0 saturated heterocycles. The second-order valence-electron chi connectivity index (χ2n) is 16.1. The van der Waals surface area contributed by atoms with Crippen LogP contribution in [0.2, 0.25) is 0 Å². The molecule has 2 aromatic heterocycles. The van der Waals surface area contributed by atoms with Gasteiger partial charge in [0.25, 0.3) is 0 Å². The van der Waals surface area contributed by atoms with Gasteiger partial charge < -0.3 is 14.0 Å². The van der Waals surface area contributed by atoms with Crippen LogP contribution in [-0.4, -0.2) is 9.13 Å². The molecule has 3 nitrogen and oxygen atoms in total. The zero-order valence-electron chi connectivity index (χ0n) is 34.5. The van der Waals surface area contributed by atoms with Crippen molar-refractivity contribution in [2.75, 3.05) is 4.90 Å². The molecular formula is C60H41N3. The van der Waals surface area contributed by atoms with Gasteiger partial charge in [0.2, 0.25) is 0 Å². The Morgan fingerprint density at radius 3 is 1.54 bits per heavy atom. The highest BCUT2D eigenvalue weighted by molar-refractivity contribution is 6.17. The maximum Gasteiger partial charge on any atom is 0.0547 e. The Morgan fingerprint density at radius 2 is 0.794 bits per heavy atom. The first-order valence-electron chi connectivity index (χ1n) is 21.6. The van der Waals surface area contributed by atoms with Crippen LogP contribution >= 0.6 is 0 Å². The van der Waals surface area contributed by atoms with Crippen molar-refractivity contribution in [1.29, 1.82) is 0 Å². The van der Waals surface area contributed by atoms with E-state index in [0.717, 1.165) is 39.5 Å². The smallest absolute Gasteiger partial charge is 0.0547 e. The van der Waals surface area contributed by atoms with Crippen molar-refractivity contribution in [1.82, 2.24) is 9.13 Å². The summed E-state index contributed by atoms with van der Waals surface area (Å²) in [6.07, 6.45) is 0. The first-order chi connectivity index (χ1) is 31.3. The van der Waals surface area contributed by atoms with Crippen molar-refractivity contribution in [3.63, 3.8) is 0 Å². The summed E-state index contributed by atoms with van der Waals surface area (Å²) < 4.78 is 4.83. The molecule has 2 heterocycles. The standard InChI is InChI=1S/C60H41N3/c1-5-18-42(19-6-1)45-32-38-53-52-27-14-16-30-56(52)63(59(53)40-45)48-35-33-47(34-36-48)61(55-29-15-13-26-50(55)43-20-7-2-8-21-43)49-37-39-57-54(41-49)60-51(44-22-9-3-10-23-44)28-17-31-58(60)62(57)46-24-11-4-12-25-46/h1-41H. The predicted molar refractivity (Wildman–Crippen MR) is 266 cm³/mol. The van der Waals surface area contributed by atoms with Crippen LogP contribution in [0, 0.1) is 0 Å². The van der Waals surface area contributed by atoms with Gasteiger partial charge in [-0.2, -0.15) is 0 Å². The van der Waals surface area contributed by atoms with Crippen molar-refractivity contribution in [3.05, 3.63) is 249 Å². The molecular weight excluding hydrogens is 763 g/mol. The van der Waals surface area contributed by atoms with Crippen molar-refractivity contribution in [2.45, 2.75) is 0 Å². The molecule has 0 amide bonds. The zero-order chi connectivity index (χ0) is 41.7. The number of para-hydroxylation sites is 3. The third-order valence-corrected chi connectivity index (χ3v) is 12.5. The quantitative estimate of drug-likeness (QED) is 0.149. The largest absolute Gasteiger partial charge is 0.310 e. The number of aromatic nitrogens is 2. The summed E-state index contributed by atoms with van der Waals surface area (Å²) in [5.41, 5.74) is 17.4. The van der Waals surface area contributed by atoms with Crippen molar-refractivity contribution < 1.29 is 0 Å². The van der Waals surface area contributed by atoms with E-state index in [4.69, 9.17) is 0 Å². The van der Waals surface area contributed by atoms with Gasteiger partial charge in [-0.15, -0.1) is 0 Å². The summed E-state index contributed by atoms with van der Waals surface area (Å²) in [6.45, 7) is 0. The number of fused-ring (bicyclic) bond motifs is 6. The van der Waals surface area contributed by atoms with E-state index in [1.807, 2.05) is 0 Å². The fraction of sp³-hybridized carbons (Fsp3) is 0. The zero-order valence-corrected chi connectivity index (χ0v) is 34.5. The fourth-order valence-electron chi connectivity index (χ4n) is 9.68. The monoisotopic (exact) mass is 803 g/mol. The summed E-state index contributed by atoms with van der Waals surface area (Å²) in [4.78, 5) is 2.43. The van der Waals surface area contributed by atoms with Gasteiger partial charge in [0.15, 0.2) is 0 Å². The third-order valence-electron chi connectivity index (χ3n) is 12.5. The van der Waals surface area contributed by atoms with Crippen LogP contribution in [0.25, 0.3) is 88.4 Å². The van der Waals surface area contributed by atoms with E-state index >= 15 is 0 Å². The molecule has 0 bridgehead atoms. The molecule has 296 valence electrons. The summed E-state index contributed by atoms with van der Waals surface area (Å²) >= 11 is 0. The highest BCUT2D eigenvalue weighted by Gasteiger charge is 2.22. The van der Waals surface area contributed by atoms with E-state index in [0.29, 0.717) is 0 Å². The van der Waals surface area contributed by atoms with Crippen LogP contribution in [0.1, 0.15) is 0 Å². The van der Waals surface area contributed by atoms with Crippen LogP contribution in [0.4, 0.5) is 17.1 Å². The highest BCUT2D eigenvalue weighted by Crippen LogP contribution is 2.45. The minimum absolute atomic E-state index is 1.07. The van der Waals surface area contributed by atoms with Gasteiger partial charge in [-0.05, 0) is 107 Å². The minimum atomic E-state index is 1.07. The Labute approximate surface area is 366 Å². The van der Waals surface area contributed by atoms with E-state index in [2.05, 4.69) is 263 Å².